The van der Waals surface area contributed by atoms with E-state index in [9.17, 15) is 0 Å². The average Bonchev–Trinajstić information content (AvgIpc) is 2.54. The van der Waals surface area contributed by atoms with Crippen LogP contribution in [0.2, 0.25) is 5.02 Å². The molecule has 3 N–H and O–H groups in total. The minimum atomic E-state index is 0.551. The summed E-state index contributed by atoms with van der Waals surface area (Å²) in [7, 11) is 0. The van der Waals surface area contributed by atoms with Gasteiger partial charge in [-0.05, 0) is 30.2 Å². The van der Waals surface area contributed by atoms with Gasteiger partial charge in [-0.2, -0.15) is 0 Å². The minimum Gasteiger partial charge on any atom is -0.357 e. The van der Waals surface area contributed by atoms with Crippen LogP contribution in [0.15, 0.2) is 18.2 Å². The molecule has 2 aromatic rings. The Hall–Kier alpha value is -0.990. The van der Waals surface area contributed by atoms with E-state index in [0.717, 1.165) is 22.7 Å². The van der Waals surface area contributed by atoms with E-state index in [2.05, 4.69) is 11.9 Å². The highest BCUT2D eigenvalue weighted by Crippen LogP contribution is 2.25. The summed E-state index contributed by atoms with van der Waals surface area (Å²) in [6, 6.07) is 5.88. The largest absolute Gasteiger partial charge is 0.357 e. The van der Waals surface area contributed by atoms with Crippen molar-refractivity contribution >= 4 is 22.5 Å². The predicted molar refractivity (Wildman–Crippen MR) is 60.6 cm³/mol. The highest BCUT2D eigenvalue weighted by molar-refractivity contribution is 6.31. The second kappa shape index (κ2) is 3.64. The first kappa shape index (κ1) is 9.56. The maximum absolute atomic E-state index is 5.95. The topological polar surface area (TPSA) is 41.8 Å². The summed E-state index contributed by atoms with van der Waals surface area (Å²) < 4.78 is 0. The van der Waals surface area contributed by atoms with Crippen molar-refractivity contribution in [3.63, 3.8) is 0 Å². The third-order valence-electron chi connectivity index (χ3n) is 2.51. The molecule has 1 aromatic heterocycles. The van der Waals surface area contributed by atoms with Crippen LogP contribution < -0.4 is 5.73 Å². The van der Waals surface area contributed by atoms with Gasteiger partial charge in [-0.15, -0.1) is 0 Å². The molecule has 0 aliphatic heterocycles. The first-order chi connectivity index (χ1) is 6.76. The number of hydrogen-bond donors (Lipinski definition) is 2. The first-order valence-corrected chi connectivity index (χ1v) is 5.13. The van der Waals surface area contributed by atoms with Crippen molar-refractivity contribution in [1.29, 1.82) is 0 Å². The fourth-order valence-corrected chi connectivity index (χ4v) is 2.03. The Bertz CT molecular complexity index is 460. The molecule has 74 valence electrons. The van der Waals surface area contributed by atoms with E-state index in [1.165, 1.54) is 10.9 Å². The number of halogens is 1. The van der Waals surface area contributed by atoms with Crippen LogP contribution in [0.25, 0.3) is 10.9 Å². The Kier molecular flexibility index (Phi) is 2.48. The summed E-state index contributed by atoms with van der Waals surface area (Å²) in [6.07, 6.45) is 0.979. The molecule has 0 unspecified atom stereocenters. The first-order valence-electron chi connectivity index (χ1n) is 4.75. The number of rotatable bonds is 2. The van der Waals surface area contributed by atoms with Crippen LogP contribution in [0.3, 0.4) is 0 Å². The fraction of sp³-hybridized carbons (Fsp3) is 0.273. The summed E-state index contributed by atoms with van der Waals surface area (Å²) in [5.41, 5.74) is 9.18. The monoisotopic (exact) mass is 208 g/mol. The molecule has 0 aliphatic carbocycles. The number of hydrogen-bond acceptors (Lipinski definition) is 1. The smallest absolute Gasteiger partial charge is 0.0460 e. The number of fused-ring (bicyclic) bond motifs is 1. The van der Waals surface area contributed by atoms with Gasteiger partial charge in [0, 0.05) is 28.2 Å². The third kappa shape index (κ3) is 1.41. The standard InChI is InChI=1S/C11H13ClN2/c1-2-8-9-5-7(12)3-4-10(9)14-11(8)6-13/h3-5,14H,2,6,13H2,1H3. The fourth-order valence-electron chi connectivity index (χ4n) is 1.85. The van der Waals surface area contributed by atoms with Gasteiger partial charge in [0.2, 0.25) is 0 Å². The molecule has 0 amide bonds. The van der Waals surface area contributed by atoms with Gasteiger partial charge in [0.05, 0.1) is 0 Å². The SMILES string of the molecule is CCc1c(CN)[nH]c2ccc(Cl)cc12. The zero-order valence-electron chi connectivity index (χ0n) is 8.10. The van der Waals surface area contributed by atoms with E-state index in [-0.39, 0.29) is 0 Å². The highest BCUT2D eigenvalue weighted by atomic mass is 35.5. The molecular formula is C11H13ClN2. The van der Waals surface area contributed by atoms with Crippen molar-refractivity contribution in [3.05, 3.63) is 34.5 Å². The Morgan fingerprint density at radius 3 is 2.86 bits per heavy atom. The Labute approximate surface area is 88.1 Å². The van der Waals surface area contributed by atoms with Crippen LogP contribution in [-0.4, -0.2) is 4.98 Å². The van der Waals surface area contributed by atoms with Crippen molar-refractivity contribution in [2.75, 3.05) is 0 Å². The molecule has 0 saturated heterocycles. The summed E-state index contributed by atoms with van der Waals surface area (Å²) in [4.78, 5) is 3.31. The summed E-state index contributed by atoms with van der Waals surface area (Å²) in [5, 5.41) is 1.97. The van der Waals surface area contributed by atoms with Crippen LogP contribution >= 0.6 is 11.6 Å². The Morgan fingerprint density at radius 1 is 1.43 bits per heavy atom. The van der Waals surface area contributed by atoms with E-state index in [4.69, 9.17) is 17.3 Å². The molecule has 0 aliphatic rings. The number of nitrogens with two attached hydrogens (primary N) is 1. The van der Waals surface area contributed by atoms with Gasteiger partial charge in [0.25, 0.3) is 0 Å². The van der Waals surface area contributed by atoms with E-state index >= 15 is 0 Å². The van der Waals surface area contributed by atoms with E-state index < -0.39 is 0 Å². The lowest BCUT2D eigenvalue weighted by molar-refractivity contribution is 0.973. The summed E-state index contributed by atoms with van der Waals surface area (Å²) >= 11 is 5.95. The third-order valence-corrected chi connectivity index (χ3v) is 2.75. The van der Waals surface area contributed by atoms with Gasteiger partial charge in [0.15, 0.2) is 0 Å². The molecule has 0 bridgehead atoms. The number of H-pyrrole nitrogens is 1. The molecule has 0 fully saturated rings. The van der Waals surface area contributed by atoms with Crippen molar-refractivity contribution in [2.24, 2.45) is 5.73 Å². The Morgan fingerprint density at radius 2 is 2.21 bits per heavy atom. The van der Waals surface area contributed by atoms with Crippen LogP contribution in [0, 0.1) is 0 Å². The molecule has 0 spiro atoms. The van der Waals surface area contributed by atoms with Crippen molar-refractivity contribution < 1.29 is 0 Å². The van der Waals surface area contributed by atoms with Gasteiger partial charge in [-0.3, -0.25) is 0 Å². The zero-order chi connectivity index (χ0) is 10.1. The van der Waals surface area contributed by atoms with Gasteiger partial charge < -0.3 is 10.7 Å². The average molecular weight is 209 g/mol. The quantitative estimate of drug-likeness (QED) is 0.783. The van der Waals surface area contributed by atoms with Crippen LogP contribution in [-0.2, 0) is 13.0 Å². The molecule has 1 heterocycles. The van der Waals surface area contributed by atoms with Crippen molar-refractivity contribution in [3.8, 4) is 0 Å². The highest BCUT2D eigenvalue weighted by Gasteiger charge is 2.08. The molecule has 0 atom stereocenters. The maximum Gasteiger partial charge on any atom is 0.0460 e. The molecular weight excluding hydrogens is 196 g/mol. The molecule has 0 saturated carbocycles. The van der Waals surface area contributed by atoms with Crippen molar-refractivity contribution in [2.45, 2.75) is 19.9 Å². The lowest BCUT2D eigenvalue weighted by atomic mass is 10.1. The normalized spacial score (nSPS) is 11.1. The van der Waals surface area contributed by atoms with Gasteiger partial charge in [0.1, 0.15) is 0 Å². The Balaban J connectivity index is 2.74. The van der Waals surface area contributed by atoms with E-state index in [1.54, 1.807) is 0 Å². The van der Waals surface area contributed by atoms with E-state index in [0.29, 0.717) is 6.54 Å². The molecule has 0 radical (unpaired) electrons. The second-order valence-corrected chi connectivity index (χ2v) is 3.77. The lowest BCUT2D eigenvalue weighted by Gasteiger charge is -1.97. The zero-order valence-corrected chi connectivity index (χ0v) is 8.86. The number of aromatic nitrogens is 1. The van der Waals surface area contributed by atoms with Gasteiger partial charge >= 0.3 is 0 Å². The number of nitrogens with one attached hydrogen (secondary N) is 1. The minimum absolute atomic E-state index is 0.551. The number of aryl methyl sites for hydroxylation is 1. The molecule has 3 heteroatoms. The van der Waals surface area contributed by atoms with Crippen LogP contribution in [0.4, 0.5) is 0 Å². The van der Waals surface area contributed by atoms with Crippen LogP contribution in [0.5, 0.6) is 0 Å². The molecule has 2 rings (SSSR count). The second-order valence-electron chi connectivity index (χ2n) is 3.33. The molecule has 1 aromatic carbocycles. The maximum atomic E-state index is 5.95. The molecule has 2 nitrogen and oxygen atoms in total. The predicted octanol–water partition coefficient (Wildman–Crippen LogP) is 2.84. The summed E-state index contributed by atoms with van der Waals surface area (Å²) in [5.74, 6) is 0. The van der Waals surface area contributed by atoms with Crippen molar-refractivity contribution in [1.82, 2.24) is 4.98 Å². The summed E-state index contributed by atoms with van der Waals surface area (Å²) in [6.45, 7) is 2.68. The molecule has 14 heavy (non-hydrogen) atoms. The van der Waals surface area contributed by atoms with Gasteiger partial charge in [-0.1, -0.05) is 18.5 Å². The number of benzene rings is 1. The van der Waals surface area contributed by atoms with Gasteiger partial charge in [-0.25, -0.2) is 0 Å². The van der Waals surface area contributed by atoms with E-state index in [1.807, 2.05) is 18.2 Å². The van der Waals surface area contributed by atoms with Crippen LogP contribution in [0.1, 0.15) is 18.2 Å². The lowest BCUT2D eigenvalue weighted by Crippen LogP contribution is -1.99. The number of aromatic amines is 1.